The first-order chi connectivity index (χ1) is 5.70. The van der Waals surface area contributed by atoms with E-state index in [9.17, 15) is 0 Å². The van der Waals surface area contributed by atoms with Crippen molar-refractivity contribution in [3.8, 4) is 0 Å². The minimum absolute atomic E-state index is 0.207. The monoisotopic (exact) mass is 181 g/mol. The lowest BCUT2D eigenvalue weighted by atomic mass is 10.1. The molecule has 0 aliphatic heterocycles. The number of nitrogens with two attached hydrogens (primary N) is 1. The minimum Gasteiger partial charge on any atom is -0.324 e. The van der Waals surface area contributed by atoms with E-state index in [1.54, 1.807) is 0 Å². The van der Waals surface area contributed by atoms with Gasteiger partial charge in [-0.05, 0) is 36.5 Å². The van der Waals surface area contributed by atoms with E-state index >= 15 is 0 Å². The van der Waals surface area contributed by atoms with Crippen LogP contribution in [0, 0.1) is 6.92 Å². The standard InChI is InChI=1S/C10H12ClN/c1-6-2-3-7-8(10(6)11)4-5-9(7)12/h2-3,9H,4-5,12H2,1H3/t9-/m1/s1. The van der Waals surface area contributed by atoms with Crippen molar-refractivity contribution in [3.63, 3.8) is 0 Å². The highest BCUT2D eigenvalue weighted by atomic mass is 35.5. The quantitative estimate of drug-likeness (QED) is 0.654. The molecule has 0 saturated carbocycles. The number of benzene rings is 1. The van der Waals surface area contributed by atoms with Crippen LogP contribution in [0.4, 0.5) is 0 Å². The van der Waals surface area contributed by atoms with E-state index in [1.807, 2.05) is 13.0 Å². The van der Waals surface area contributed by atoms with Gasteiger partial charge in [-0.15, -0.1) is 0 Å². The lowest BCUT2D eigenvalue weighted by Crippen LogP contribution is -2.04. The molecule has 1 aromatic carbocycles. The summed E-state index contributed by atoms with van der Waals surface area (Å²) in [5, 5.41) is 0.917. The SMILES string of the molecule is Cc1ccc2c(c1Cl)CC[C@H]2N. The Kier molecular flexibility index (Phi) is 1.85. The second-order valence-corrected chi connectivity index (χ2v) is 3.79. The molecule has 1 nitrogen and oxygen atoms in total. The fraction of sp³-hybridized carbons (Fsp3) is 0.400. The summed E-state index contributed by atoms with van der Waals surface area (Å²) in [6.07, 6.45) is 2.08. The summed E-state index contributed by atoms with van der Waals surface area (Å²) in [4.78, 5) is 0. The summed E-state index contributed by atoms with van der Waals surface area (Å²) in [5.41, 5.74) is 9.57. The van der Waals surface area contributed by atoms with Crippen LogP contribution >= 0.6 is 11.6 Å². The molecule has 0 unspecified atom stereocenters. The number of halogens is 1. The first-order valence-electron chi connectivity index (χ1n) is 4.23. The Morgan fingerprint density at radius 2 is 2.25 bits per heavy atom. The van der Waals surface area contributed by atoms with Crippen molar-refractivity contribution in [1.29, 1.82) is 0 Å². The van der Waals surface area contributed by atoms with Gasteiger partial charge in [0.25, 0.3) is 0 Å². The summed E-state index contributed by atoms with van der Waals surface area (Å²) in [5.74, 6) is 0. The van der Waals surface area contributed by atoms with E-state index in [0.29, 0.717) is 0 Å². The Labute approximate surface area is 77.5 Å². The number of rotatable bonds is 0. The summed E-state index contributed by atoms with van der Waals surface area (Å²) < 4.78 is 0. The molecule has 1 aromatic rings. The van der Waals surface area contributed by atoms with E-state index < -0.39 is 0 Å². The van der Waals surface area contributed by atoms with Gasteiger partial charge in [0.05, 0.1) is 0 Å². The van der Waals surface area contributed by atoms with Gasteiger partial charge in [-0.25, -0.2) is 0 Å². The first-order valence-corrected chi connectivity index (χ1v) is 4.61. The van der Waals surface area contributed by atoms with Crippen LogP contribution in [0.3, 0.4) is 0 Å². The fourth-order valence-corrected chi connectivity index (χ4v) is 2.08. The van der Waals surface area contributed by atoms with Crippen molar-refractivity contribution in [1.82, 2.24) is 0 Å². The molecule has 1 aliphatic carbocycles. The van der Waals surface area contributed by atoms with E-state index in [0.717, 1.165) is 23.4 Å². The maximum absolute atomic E-state index is 6.15. The molecule has 0 aromatic heterocycles. The molecule has 64 valence electrons. The highest BCUT2D eigenvalue weighted by Gasteiger charge is 2.21. The summed E-state index contributed by atoms with van der Waals surface area (Å²) >= 11 is 6.15. The molecule has 2 heteroatoms. The molecule has 0 bridgehead atoms. The zero-order valence-corrected chi connectivity index (χ0v) is 7.86. The molecule has 0 saturated heterocycles. The third kappa shape index (κ3) is 1.05. The molecule has 0 heterocycles. The van der Waals surface area contributed by atoms with Crippen LogP contribution < -0.4 is 5.73 Å². The molecule has 0 fully saturated rings. The lowest BCUT2D eigenvalue weighted by molar-refractivity contribution is 0.713. The van der Waals surface area contributed by atoms with E-state index in [2.05, 4.69) is 6.07 Å². The highest BCUT2D eigenvalue weighted by molar-refractivity contribution is 6.32. The van der Waals surface area contributed by atoms with Crippen molar-refractivity contribution in [3.05, 3.63) is 33.8 Å². The highest BCUT2D eigenvalue weighted by Crippen LogP contribution is 2.35. The predicted molar refractivity (Wildman–Crippen MR) is 51.4 cm³/mol. The van der Waals surface area contributed by atoms with Gasteiger partial charge >= 0.3 is 0 Å². The number of hydrogen-bond acceptors (Lipinski definition) is 1. The van der Waals surface area contributed by atoms with Crippen LogP contribution in [0.2, 0.25) is 5.02 Å². The van der Waals surface area contributed by atoms with Crippen molar-refractivity contribution in [2.45, 2.75) is 25.8 Å². The second-order valence-electron chi connectivity index (χ2n) is 3.41. The zero-order valence-electron chi connectivity index (χ0n) is 7.10. The molecular formula is C10H12ClN. The second kappa shape index (κ2) is 2.75. The van der Waals surface area contributed by atoms with Gasteiger partial charge in [-0.1, -0.05) is 23.7 Å². The number of fused-ring (bicyclic) bond motifs is 1. The average Bonchev–Trinajstić information content (AvgIpc) is 2.41. The van der Waals surface area contributed by atoms with Gasteiger partial charge in [0.15, 0.2) is 0 Å². The Hall–Kier alpha value is -0.530. The predicted octanol–water partition coefficient (Wildman–Crippen LogP) is 2.59. The average molecular weight is 182 g/mol. The Morgan fingerprint density at radius 3 is 3.00 bits per heavy atom. The minimum atomic E-state index is 0.207. The molecule has 1 atom stereocenters. The van der Waals surface area contributed by atoms with Gasteiger partial charge < -0.3 is 5.73 Å². The maximum Gasteiger partial charge on any atom is 0.0470 e. The van der Waals surface area contributed by atoms with E-state index in [1.165, 1.54) is 11.1 Å². The Bertz CT molecular complexity index is 320. The largest absolute Gasteiger partial charge is 0.324 e. The maximum atomic E-state index is 6.15. The molecule has 0 radical (unpaired) electrons. The van der Waals surface area contributed by atoms with Crippen LogP contribution in [0.1, 0.15) is 29.2 Å². The molecule has 2 rings (SSSR count). The van der Waals surface area contributed by atoms with Gasteiger partial charge in [0.2, 0.25) is 0 Å². The van der Waals surface area contributed by atoms with Crippen molar-refractivity contribution >= 4 is 11.6 Å². The first kappa shape index (κ1) is 8.09. The fourth-order valence-electron chi connectivity index (χ4n) is 1.81. The summed E-state index contributed by atoms with van der Waals surface area (Å²) in [7, 11) is 0. The van der Waals surface area contributed by atoms with Gasteiger partial charge in [0, 0.05) is 11.1 Å². The van der Waals surface area contributed by atoms with Crippen molar-refractivity contribution < 1.29 is 0 Å². The Balaban J connectivity index is 2.60. The van der Waals surface area contributed by atoms with Crippen molar-refractivity contribution in [2.75, 3.05) is 0 Å². The molecule has 1 aliphatic rings. The van der Waals surface area contributed by atoms with Crippen molar-refractivity contribution in [2.24, 2.45) is 5.73 Å². The smallest absolute Gasteiger partial charge is 0.0470 e. The third-order valence-electron chi connectivity index (χ3n) is 2.58. The van der Waals surface area contributed by atoms with Crippen LogP contribution in [0.25, 0.3) is 0 Å². The molecular weight excluding hydrogens is 170 g/mol. The van der Waals surface area contributed by atoms with Crippen LogP contribution in [-0.4, -0.2) is 0 Å². The van der Waals surface area contributed by atoms with Gasteiger partial charge in [-0.2, -0.15) is 0 Å². The molecule has 2 N–H and O–H groups in total. The summed E-state index contributed by atoms with van der Waals surface area (Å²) in [6, 6.07) is 4.36. The van der Waals surface area contributed by atoms with Crippen LogP contribution in [-0.2, 0) is 6.42 Å². The molecule has 0 amide bonds. The van der Waals surface area contributed by atoms with Gasteiger partial charge in [-0.3, -0.25) is 0 Å². The topological polar surface area (TPSA) is 26.0 Å². The number of hydrogen-bond donors (Lipinski definition) is 1. The lowest BCUT2D eigenvalue weighted by Gasteiger charge is -2.07. The summed E-state index contributed by atoms with van der Waals surface area (Å²) in [6.45, 7) is 2.03. The van der Waals surface area contributed by atoms with Gasteiger partial charge in [0.1, 0.15) is 0 Å². The van der Waals surface area contributed by atoms with E-state index in [4.69, 9.17) is 17.3 Å². The zero-order chi connectivity index (χ0) is 8.72. The van der Waals surface area contributed by atoms with E-state index in [-0.39, 0.29) is 6.04 Å². The van der Waals surface area contributed by atoms with Crippen LogP contribution in [0.5, 0.6) is 0 Å². The molecule has 12 heavy (non-hydrogen) atoms. The normalized spacial score (nSPS) is 21.1. The third-order valence-corrected chi connectivity index (χ3v) is 3.10. The number of aryl methyl sites for hydroxylation is 1. The Morgan fingerprint density at radius 1 is 1.50 bits per heavy atom. The van der Waals surface area contributed by atoms with Crippen LogP contribution in [0.15, 0.2) is 12.1 Å². The molecule has 0 spiro atoms.